The number of nitriles is 1. The van der Waals surface area contributed by atoms with E-state index < -0.39 is 0 Å². The Kier molecular flexibility index (Phi) is 8.93. The van der Waals surface area contributed by atoms with Gasteiger partial charge in [-0.3, -0.25) is 14.6 Å². The average Bonchev–Trinajstić information content (AvgIpc) is 3.08. The maximum absolute atomic E-state index is 11.7. The zero-order valence-corrected chi connectivity index (χ0v) is 31.5. The van der Waals surface area contributed by atoms with Gasteiger partial charge in [-0.25, -0.2) is 4.98 Å². The summed E-state index contributed by atoms with van der Waals surface area (Å²) in [6.45, 7) is 6.79. The zero-order valence-electron chi connectivity index (χ0n) is 30.7. The van der Waals surface area contributed by atoms with Crippen LogP contribution >= 0.6 is 11.6 Å². The Labute approximate surface area is 315 Å². The fourth-order valence-corrected chi connectivity index (χ4v) is 10.0. The van der Waals surface area contributed by atoms with Crippen LogP contribution in [0.5, 0.6) is 11.6 Å². The number of carbonyl (C=O) groups excluding carboxylic acids is 2. The summed E-state index contributed by atoms with van der Waals surface area (Å²) < 4.78 is 11.6. The van der Waals surface area contributed by atoms with Crippen molar-refractivity contribution in [3.63, 3.8) is 0 Å². The molecule has 2 amide bonds. The van der Waals surface area contributed by atoms with Gasteiger partial charge in [-0.2, -0.15) is 5.26 Å². The molecule has 4 heterocycles. The second-order valence-electron chi connectivity index (χ2n) is 16.0. The van der Waals surface area contributed by atoms with Crippen LogP contribution in [-0.4, -0.2) is 72.0 Å². The van der Waals surface area contributed by atoms with Crippen LogP contribution in [-0.2, 0) is 22.4 Å². The molecule has 0 N–H and O–H groups in total. The van der Waals surface area contributed by atoms with Crippen molar-refractivity contribution in [2.45, 2.75) is 52.4 Å². The van der Waals surface area contributed by atoms with Gasteiger partial charge in [0.1, 0.15) is 11.8 Å². The minimum absolute atomic E-state index is 0.158. The zero-order chi connectivity index (χ0) is 37.1. The van der Waals surface area contributed by atoms with Crippen molar-refractivity contribution in [1.29, 1.82) is 5.26 Å². The van der Waals surface area contributed by atoms with Crippen molar-refractivity contribution in [2.24, 2.45) is 22.7 Å². The minimum Gasteiger partial charge on any atom is -0.496 e. The molecule has 0 atom stereocenters. The van der Waals surface area contributed by atoms with E-state index in [2.05, 4.69) is 23.2 Å². The third kappa shape index (κ3) is 6.31. The molecule has 0 radical (unpaired) electrons. The largest absolute Gasteiger partial charge is 0.496 e. The maximum atomic E-state index is 11.7. The van der Waals surface area contributed by atoms with Crippen molar-refractivity contribution in [3.05, 3.63) is 82.5 Å². The average molecular weight is 730 g/mol. The molecular weight excluding hydrogens is 686 g/mol. The van der Waals surface area contributed by atoms with Crippen molar-refractivity contribution in [2.75, 3.05) is 40.4 Å². The molecule has 0 unspecified atom stereocenters. The summed E-state index contributed by atoms with van der Waals surface area (Å²) in [6.07, 6.45) is 8.00. The Morgan fingerprint density at radius 3 is 2.02 bits per heavy atom. The molecular formula is C43H44ClN5O4. The fourth-order valence-electron chi connectivity index (χ4n) is 9.70. The highest BCUT2D eigenvalue weighted by Crippen LogP contribution is 2.54. The van der Waals surface area contributed by atoms with Gasteiger partial charge in [0.05, 0.1) is 36.2 Å². The molecule has 10 heteroatoms. The number of amides is 2. The highest BCUT2D eigenvalue weighted by Gasteiger charge is 2.53. The van der Waals surface area contributed by atoms with Crippen molar-refractivity contribution < 1.29 is 19.1 Å². The van der Waals surface area contributed by atoms with Crippen molar-refractivity contribution >= 4 is 23.4 Å². The van der Waals surface area contributed by atoms with E-state index >= 15 is 0 Å². The van der Waals surface area contributed by atoms with Crippen LogP contribution in [0.4, 0.5) is 0 Å². The summed E-state index contributed by atoms with van der Waals surface area (Å²) >= 11 is 7.14. The minimum atomic E-state index is 0.158. The van der Waals surface area contributed by atoms with Gasteiger partial charge >= 0.3 is 0 Å². The Morgan fingerprint density at radius 2 is 1.43 bits per heavy atom. The summed E-state index contributed by atoms with van der Waals surface area (Å²) in [6, 6.07) is 20.2. The van der Waals surface area contributed by atoms with Gasteiger partial charge in [0.25, 0.3) is 0 Å². The van der Waals surface area contributed by atoms with E-state index in [9.17, 15) is 14.9 Å². The van der Waals surface area contributed by atoms with Gasteiger partial charge in [-0.05, 0) is 74.1 Å². The molecule has 272 valence electrons. The van der Waals surface area contributed by atoms with E-state index in [0.717, 1.165) is 87.1 Å². The highest BCUT2D eigenvalue weighted by molar-refractivity contribution is 6.35. The number of carbonyl (C=O) groups is 2. The van der Waals surface area contributed by atoms with E-state index in [1.807, 2.05) is 52.3 Å². The number of ether oxygens (including phenoxy) is 2. The first-order chi connectivity index (χ1) is 25.5. The first kappa shape index (κ1) is 35.1. The van der Waals surface area contributed by atoms with E-state index in [1.165, 1.54) is 0 Å². The lowest BCUT2D eigenvalue weighted by molar-refractivity contribution is -0.153. The van der Waals surface area contributed by atoms with Gasteiger partial charge in [0.15, 0.2) is 0 Å². The molecule has 2 aromatic heterocycles. The number of halogens is 1. The first-order valence-electron chi connectivity index (χ1n) is 18.4. The van der Waals surface area contributed by atoms with Crippen LogP contribution in [0.15, 0.2) is 60.8 Å². The summed E-state index contributed by atoms with van der Waals surface area (Å²) in [5.74, 6) is 2.79. The normalized spacial score (nSPS) is 19.4. The molecule has 4 fully saturated rings. The lowest BCUT2D eigenvalue weighted by Gasteiger charge is -2.59. The molecule has 53 heavy (non-hydrogen) atoms. The Bertz CT molecular complexity index is 2150. The summed E-state index contributed by atoms with van der Waals surface area (Å²) in [5.41, 5.74) is 7.48. The molecule has 9 nitrogen and oxygen atoms in total. The predicted molar refractivity (Wildman–Crippen MR) is 203 cm³/mol. The standard InChI is InChI=1S/C43H44ClN5O4/c1-26(50)48-22-42(23-48)17-28(18-42)14-30-8-9-31(16-38(30)52-3)40-39(44)35(12-13-46-40)33-6-5-7-34(36(33)21-45)37-11-10-32(41(47-37)53-4)15-29-19-43(20-29)24-49(25-43)27(2)51/h5-13,16,28-29H,14-15,17-20,22-25H2,1-4H3. The van der Waals surface area contributed by atoms with Crippen molar-refractivity contribution in [3.8, 4) is 51.3 Å². The molecule has 4 aromatic rings. The molecule has 2 spiro atoms. The van der Waals surface area contributed by atoms with Gasteiger partial charge in [-0.1, -0.05) is 48.0 Å². The second kappa shape index (κ2) is 13.5. The number of benzene rings is 2. The maximum Gasteiger partial charge on any atom is 0.219 e. The molecule has 2 saturated carbocycles. The van der Waals surface area contributed by atoms with Crippen LogP contribution in [0, 0.1) is 34.0 Å². The SMILES string of the molecule is COc1cc(-c2nccc(-c3cccc(-c4ccc(CC5CC6(C5)CN(C(C)=O)C6)c(OC)n4)c3C#N)c2Cl)ccc1CC1CC2(C1)CN(C(C)=O)C2. The van der Waals surface area contributed by atoms with E-state index in [4.69, 9.17) is 26.1 Å². The summed E-state index contributed by atoms with van der Waals surface area (Å²) in [5, 5.41) is 11.0. The fraction of sp³-hybridized carbons (Fsp3) is 0.419. The number of aromatic nitrogens is 2. The van der Waals surface area contributed by atoms with Crippen LogP contribution in [0.3, 0.4) is 0 Å². The quantitative estimate of drug-likeness (QED) is 0.174. The molecule has 0 bridgehead atoms. The van der Waals surface area contributed by atoms with Crippen molar-refractivity contribution in [1.82, 2.24) is 19.8 Å². The van der Waals surface area contributed by atoms with Gasteiger partial charge in [-0.15, -0.1) is 0 Å². The Morgan fingerprint density at radius 1 is 0.830 bits per heavy atom. The number of rotatable bonds is 9. The Balaban J connectivity index is 1.00. The highest BCUT2D eigenvalue weighted by atomic mass is 35.5. The van der Waals surface area contributed by atoms with Crippen LogP contribution in [0.1, 0.15) is 56.2 Å². The lowest BCUT2D eigenvalue weighted by Crippen LogP contribution is -2.63. The molecule has 2 aliphatic heterocycles. The number of hydrogen-bond donors (Lipinski definition) is 0. The van der Waals surface area contributed by atoms with Gasteiger partial charge < -0.3 is 19.3 Å². The van der Waals surface area contributed by atoms with E-state index in [0.29, 0.717) is 67.2 Å². The number of pyridine rings is 2. The number of likely N-dealkylation sites (tertiary alicyclic amines) is 2. The molecule has 2 aliphatic carbocycles. The predicted octanol–water partition coefficient (Wildman–Crippen LogP) is 7.62. The summed E-state index contributed by atoms with van der Waals surface area (Å²) in [4.78, 5) is 36.8. The second-order valence-corrected chi connectivity index (χ2v) is 16.3. The van der Waals surface area contributed by atoms with Gasteiger partial charge in [0.2, 0.25) is 17.7 Å². The third-order valence-corrected chi connectivity index (χ3v) is 12.6. The number of nitrogens with zero attached hydrogens (tertiary/aromatic N) is 5. The smallest absolute Gasteiger partial charge is 0.219 e. The topological polar surface area (TPSA) is 109 Å². The first-order valence-corrected chi connectivity index (χ1v) is 18.8. The van der Waals surface area contributed by atoms with E-state index in [-0.39, 0.29) is 11.8 Å². The summed E-state index contributed by atoms with van der Waals surface area (Å²) in [7, 11) is 3.33. The van der Waals surface area contributed by atoms with Crippen LogP contribution in [0.2, 0.25) is 5.02 Å². The monoisotopic (exact) mass is 729 g/mol. The third-order valence-electron chi connectivity index (χ3n) is 12.2. The Hall–Kier alpha value is -4.94. The van der Waals surface area contributed by atoms with Crippen LogP contribution < -0.4 is 9.47 Å². The van der Waals surface area contributed by atoms with Crippen LogP contribution in [0.25, 0.3) is 33.6 Å². The lowest BCUT2D eigenvalue weighted by atomic mass is 9.56. The van der Waals surface area contributed by atoms with E-state index in [1.54, 1.807) is 34.3 Å². The molecule has 4 aliphatic rings. The number of hydrogen-bond acceptors (Lipinski definition) is 7. The number of methoxy groups -OCH3 is 2. The molecule has 8 rings (SSSR count). The molecule has 2 aromatic carbocycles. The molecule has 2 saturated heterocycles. The van der Waals surface area contributed by atoms with Gasteiger partial charge in [0, 0.05) is 84.9 Å².